The zero-order chi connectivity index (χ0) is 12.0. The molecule has 0 bridgehead atoms. The van der Waals surface area contributed by atoms with Crippen LogP contribution in [0.25, 0.3) is 0 Å². The van der Waals surface area contributed by atoms with E-state index in [0.717, 1.165) is 13.0 Å². The van der Waals surface area contributed by atoms with E-state index < -0.39 is 0 Å². The first-order valence-electron chi connectivity index (χ1n) is 6.00. The first-order chi connectivity index (χ1) is 7.61. The Morgan fingerprint density at radius 1 is 1.25 bits per heavy atom. The van der Waals surface area contributed by atoms with E-state index >= 15 is 0 Å². The topological polar surface area (TPSA) is 35.2 Å². The van der Waals surface area contributed by atoms with Crippen molar-refractivity contribution in [1.29, 1.82) is 0 Å². The van der Waals surface area contributed by atoms with E-state index in [0.29, 0.717) is 12.5 Å². The van der Waals surface area contributed by atoms with Crippen molar-refractivity contribution in [2.45, 2.75) is 33.2 Å². The average molecular weight is 221 g/mol. The molecule has 0 saturated heterocycles. The van der Waals surface area contributed by atoms with Gasteiger partial charge >= 0.3 is 0 Å². The van der Waals surface area contributed by atoms with E-state index in [1.807, 2.05) is 12.1 Å². The third-order valence-electron chi connectivity index (χ3n) is 2.72. The van der Waals surface area contributed by atoms with Crippen LogP contribution in [0.5, 0.6) is 0 Å². The van der Waals surface area contributed by atoms with Crippen molar-refractivity contribution < 1.29 is 4.74 Å². The normalized spacial score (nSPS) is 13.1. The van der Waals surface area contributed by atoms with Crippen LogP contribution < -0.4 is 5.73 Å². The average Bonchev–Trinajstić information content (AvgIpc) is 2.24. The summed E-state index contributed by atoms with van der Waals surface area (Å²) in [5.41, 5.74) is 8.51. The van der Waals surface area contributed by atoms with E-state index in [1.165, 1.54) is 11.1 Å². The number of hydrogen-bond acceptors (Lipinski definition) is 2. The maximum atomic E-state index is 6.09. The fraction of sp³-hybridized carbons (Fsp3) is 0.571. The summed E-state index contributed by atoms with van der Waals surface area (Å²) >= 11 is 0. The van der Waals surface area contributed by atoms with Gasteiger partial charge in [-0.3, -0.25) is 0 Å². The van der Waals surface area contributed by atoms with Crippen LogP contribution in [0.15, 0.2) is 24.3 Å². The fourth-order valence-electron chi connectivity index (χ4n) is 1.62. The van der Waals surface area contributed by atoms with Crippen LogP contribution >= 0.6 is 0 Å². The molecule has 16 heavy (non-hydrogen) atoms. The molecule has 0 saturated carbocycles. The molecule has 0 aromatic heterocycles. The van der Waals surface area contributed by atoms with Crippen LogP contribution in [-0.2, 0) is 4.74 Å². The Balaban J connectivity index is 2.35. The van der Waals surface area contributed by atoms with Crippen molar-refractivity contribution in [2.75, 3.05) is 13.2 Å². The molecule has 0 spiro atoms. The van der Waals surface area contributed by atoms with E-state index in [4.69, 9.17) is 10.5 Å². The van der Waals surface area contributed by atoms with Gasteiger partial charge in [0.25, 0.3) is 0 Å². The predicted octanol–water partition coefficient (Wildman–Crippen LogP) is 3.06. The number of nitrogens with two attached hydrogens (primary N) is 1. The second kappa shape index (κ2) is 6.66. The van der Waals surface area contributed by atoms with Gasteiger partial charge < -0.3 is 10.5 Å². The van der Waals surface area contributed by atoms with Crippen LogP contribution in [-0.4, -0.2) is 13.2 Å². The number of rotatable bonds is 6. The fourth-order valence-corrected chi connectivity index (χ4v) is 1.62. The van der Waals surface area contributed by atoms with Crippen molar-refractivity contribution in [3.63, 3.8) is 0 Å². The van der Waals surface area contributed by atoms with E-state index in [9.17, 15) is 0 Å². The summed E-state index contributed by atoms with van der Waals surface area (Å²) in [6, 6.07) is 8.21. The quantitative estimate of drug-likeness (QED) is 0.749. The maximum Gasteiger partial charge on any atom is 0.0659 e. The predicted molar refractivity (Wildman–Crippen MR) is 68.4 cm³/mol. The Morgan fingerprint density at radius 3 is 2.56 bits per heavy atom. The van der Waals surface area contributed by atoms with Crippen LogP contribution in [0.1, 0.15) is 37.4 Å². The number of aryl methyl sites for hydroxylation is 1. The van der Waals surface area contributed by atoms with Gasteiger partial charge in [0.1, 0.15) is 0 Å². The molecule has 0 amide bonds. The van der Waals surface area contributed by atoms with Gasteiger partial charge in [-0.2, -0.15) is 0 Å². The van der Waals surface area contributed by atoms with Gasteiger partial charge in [-0.1, -0.05) is 38.1 Å². The number of hydrogen-bond donors (Lipinski definition) is 1. The number of benzene rings is 1. The minimum absolute atomic E-state index is 0.00615. The molecule has 1 unspecified atom stereocenters. The molecule has 0 heterocycles. The summed E-state index contributed by atoms with van der Waals surface area (Å²) in [7, 11) is 0. The van der Waals surface area contributed by atoms with Crippen LogP contribution in [0.4, 0.5) is 0 Å². The largest absolute Gasteiger partial charge is 0.379 e. The first-order valence-corrected chi connectivity index (χ1v) is 6.00. The highest BCUT2D eigenvalue weighted by atomic mass is 16.5. The highest BCUT2D eigenvalue weighted by molar-refractivity contribution is 5.28. The molecule has 0 aliphatic heterocycles. The zero-order valence-electron chi connectivity index (χ0n) is 10.6. The van der Waals surface area contributed by atoms with Crippen LogP contribution in [0, 0.1) is 12.8 Å². The van der Waals surface area contributed by atoms with Crippen LogP contribution in [0.3, 0.4) is 0 Å². The molecule has 1 aromatic carbocycles. The van der Waals surface area contributed by atoms with Crippen molar-refractivity contribution >= 4 is 0 Å². The summed E-state index contributed by atoms with van der Waals surface area (Å²) in [4.78, 5) is 0. The summed E-state index contributed by atoms with van der Waals surface area (Å²) in [6.07, 6.45) is 1.10. The van der Waals surface area contributed by atoms with Gasteiger partial charge in [-0.15, -0.1) is 0 Å². The molecule has 90 valence electrons. The Labute approximate surface area is 98.8 Å². The Morgan fingerprint density at radius 2 is 1.94 bits per heavy atom. The van der Waals surface area contributed by atoms with Gasteiger partial charge in [0.15, 0.2) is 0 Å². The molecule has 0 aliphatic carbocycles. The van der Waals surface area contributed by atoms with Gasteiger partial charge in [0.05, 0.1) is 12.6 Å². The minimum Gasteiger partial charge on any atom is -0.379 e. The molecule has 0 aliphatic rings. The summed E-state index contributed by atoms with van der Waals surface area (Å²) < 4.78 is 5.59. The van der Waals surface area contributed by atoms with Crippen molar-refractivity contribution in [1.82, 2.24) is 0 Å². The summed E-state index contributed by atoms with van der Waals surface area (Å²) in [5.74, 6) is 0.690. The first kappa shape index (κ1) is 13.2. The highest BCUT2D eigenvalue weighted by Gasteiger charge is 2.08. The van der Waals surface area contributed by atoms with Gasteiger partial charge in [-0.05, 0) is 30.4 Å². The smallest absolute Gasteiger partial charge is 0.0659 e. The molecule has 1 rings (SSSR count). The zero-order valence-corrected chi connectivity index (χ0v) is 10.6. The Bertz CT molecular complexity index is 309. The van der Waals surface area contributed by atoms with Crippen molar-refractivity contribution in [3.8, 4) is 0 Å². The van der Waals surface area contributed by atoms with Gasteiger partial charge in [0.2, 0.25) is 0 Å². The van der Waals surface area contributed by atoms with E-state index in [2.05, 4.69) is 32.9 Å². The number of ether oxygens (including phenoxy) is 1. The van der Waals surface area contributed by atoms with Crippen molar-refractivity contribution in [3.05, 3.63) is 35.4 Å². The van der Waals surface area contributed by atoms with Gasteiger partial charge in [0, 0.05) is 6.61 Å². The molecule has 2 N–H and O–H groups in total. The standard InChI is InChI=1S/C14H23NO/c1-11(2)8-9-16-10-14(15)13-7-5-4-6-12(13)3/h4-7,11,14H,8-10,15H2,1-3H3. The monoisotopic (exact) mass is 221 g/mol. The van der Waals surface area contributed by atoms with Crippen LogP contribution in [0.2, 0.25) is 0 Å². The second-order valence-corrected chi connectivity index (χ2v) is 4.72. The summed E-state index contributed by atoms with van der Waals surface area (Å²) in [5, 5.41) is 0. The lowest BCUT2D eigenvalue weighted by molar-refractivity contribution is 0.111. The third kappa shape index (κ3) is 4.33. The highest BCUT2D eigenvalue weighted by Crippen LogP contribution is 2.15. The second-order valence-electron chi connectivity index (χ2n) is 4.72. The summed E-state index contributed by atoms with van der Waals surface area (Å²) in [6.45, 7) is 7.90. The lowest BCUT2D eigenvalue weighted by atomic mass is 10.0. The molecular formula is C14H23NO. The van der Waals surface area contributed by atoms with Crippen molar-refractivity contribution in [2.24, 2.45) is 11.7 Å². The molecule has 0 radical (unpaired) electrons. The molecule has 1 aromatic rings. The third-order valence-corrected chi connectivity index (χ3v) is 2.72. The molecule has 0 fully saturated rings. The Hall–Kier alpha value is -0.860. The van der Waals surface area contributed by atoms with E-state index in [-0.39, 0.29) is 6.04 Å². The lowest BCUT2D eigenvalue weighted by Crippen LogP contribution is -2.18. The molecule has 2 nitrogen and oxygen atoms in total. The maximum absolute atomic E-state index is 6.09. The molecule has 2 heteroatoms. The van der Waals surface area contributed by atoms with Gasteiger partial charge in [-0.25, -0.2) is 0 Å². The minimum atomic E-state index is -0.00615. The SMILES string of the molecule is Cc1ccccc1C(N)COCCC(C)C. The molecular weight excluding hydrogens is 198 g/mol. The Kier molecular flexibility index (Phi) is 5.50. The lowest BCUT2D eigenvalue weighted by Gasteiger charge is -2.15. The van der Waals surface area contributed by atoms with E-state index in [1.54, 1.807) is 0 Å². The molecule has 1 atom stereocenters.